The van der Waals surface area contributed by atoms with Gasteiger partial charge in [0.1, 0.15) is 11.6 Å². The van der Waals surface area contributed by atoms with Gasteiger partial charge in [0.05, 0.1) is 38.5 Å². The number of hydrogen-bond acceptors (Lipinski definition) is 5. The number of H-pyrrole nitrogens is 4. The van der Waals surface area contributed by atoms with E-state index in [0.29, 0.717) is 71.0 Å². The first-order chi connectivity index (χ1) is 40.5. The number of aliphatic imine (C=N–C) groups is 1. The van der Waals surface area contributed by atoms with Crippen LogP contribution >= 0.6 is 11.3 Å². The fourth-order valence-electron chi connectivity index (χ4n) is 9.78. The van der Waals surface area contributed by atoms with Crippen molar-refractivity contribution in [2.75, 3.05) is 0 Å². The molecule has 1 aliphatic rings. The summed E-state index contributed by atoms with van der Waals surface area (Å²) in [6.07, 6.45) is 1.05. The van der Waals surface area contributed by atoms with Crippen LogP contribution in [0.4, 0.5) is 5.69 Å². The highest BCUT2D eigenvalue weighted by atomic mass is 32.1. The molecule has 86 heavy (non-hydrogen) atoms. The molecule has 8 nitrogen and oxygen atoms in total. The molecule has 1 aliphatic heterocycles. The van der Waals surface area contributed by atoms with Crippen LogP contribution in [0.15, 0.2) is 114 Å². The van der Waals surface area contributed by atoms with Crippen LogP contribution in [0.1, 0.15) is 298 Å². The monoisotopic (exact) mass is 1180 g/mol. The first-order valence-corrected chi connectivity index (χ1v) is 33.3. The number of aromatic nitrogens is 7. The summed E-state index contributed by atoms with van der Waals surface area (Å²) in [5, 5.41) is 6.07. The van der Waals surface area contributed by atoms with Crippen LogP contribution in [0.3, 0.4) is 0 Å². The summed E-state index contributed by atoms with van der Waals surface area (Å²) >= 11 is 1.77. The van der Waals surface area contributed by atoms with Gasteiger partial charge in [0.25, 0.3) is 0 Å². The van der Waals surface area contributed by atoms with Crippen LogP contribution in [-0.2, 0) is 6.42 Å². The quantitative estimate of drug-likeness (QED) is 0.0977. The highest BCUT2D eigenvalue weighted by molar-refractivity contribution is 7.09. The fourth-order valence-corrected chi connectivity index (χ4v) is 10.8. The molecule has 0 saturated heterocycles. The fraction of sp³-hybridized carbons (Fsp3) is 0.481. The molecule has 11 rings (SSSR count). The Morgan fingerprint density at radius 1 is 0.337 bits per heavy atom. The maximum absolute atomic E-state index is 4.71. The van der Waals surface area contributed by atoms with Crippen LogP contribution < -0.4 is 0 Å². The maximum atomic E-state index is 4.71. The number of hydrogen-bond donors (Lipinski definition) is 4. The Morgan fingerprint density at radius 2 is 0.721 bits per heavy atom. The van der Waals surface area contributed by atoms with Gasteiger partial charge in [-0.05, 0) is 152 Å². The normalized spacial score (nSPS) is 12.3. The molecule has 0 bridgehead atoms. The van der Waals surface area contributed by atoms with E-state index < -0.39 is 0 Å². The summed E-state index contributed by atoms with van der Waals surface area (Å²) in [5.74, 6) is 8.84. The third kappa shape index (κ3) is 18.7. The van der Waals surface area contributed by atoms with Crippen LogP contribution in [0.25, 0.3) is 43.9 Å². The van der Waals surface area contributed by atoms with Crippen molar-refractivity contribution in [2.45, 2.75) is 238 Å². The molecule has 0 saturated carbocycles. The topological polar surface area (TPSA) is 114 Å². The van der Waals surface area contributed by atoms with Crippen molar-refractivity contribution in [1.82, 2.24) is 34.9 Å². The van der Waals surface area contributed by atoms with E-state index in [9.17, 15) is 0 Å². The number of rotatable bonds is 12. The molecule has 6 heterocycles. The Kier molecular flexibility index (Phi) is 24.6. The predicted octanol–water partition coefficient (Wildman–Crippen LogP) is 23.9. The summed E-state index contributed by atoms with van der Waals surface area (Å²) in [7, 11) is 0. The van der Waals surface area contributed by atoms with Gasteiger partial charge >= 0.3 is 0 Å². The van der Waals surface area contributed by atoms with Crippen LogP contribution in [0, 0.1) is 5.92 Å². The minimum atomic E-state index is 0.458. The second kappa shape index (κ2) is 30.9. The first kappa shape index (κ1) is 68.5. The number of aromatic amines is 4. The third-order valence-electron chi connectivity index (χ3n) is 16.1. The molecule has 9 heteroatoms. The predicted molar refractivity (Wildman–Crippen MR) is 378 cm³/mol. The zero-order valence-corrected chi connectivity index (χ0v) is 58.0. The Labute approximate surface area is 522 Å². The average Bonchev–Trinajstić information content (AvgIpc) is 2.94. The van der Waals surface area contributed by atoms with E-state index in [1.165, 1.54) is 88.7 Å². The molecular formula is C77H108N8S. The number of fused-ring (bicyclic) bond motifs is 5. The molecule has 462 valence electrons. The second-order valence-electron chi connectivity index (χ2n) is 27.6. The summed E-state index contributed by atoms with van der Waals surface area (Å²) in [4.78, 5) is 32.1. The minimum Gasteiger partial charge on any atom is -0.358 e. The molecule has 5 aromatic heterocycles. The zero-order chi connectivity index (χ0) is 63.4. The summed E-state index contributed by atoms with van der Waals surface area (Å²) in [5.41, 5.74) is 21.7. The van der Waals surface area contributed by atoms with E-state index in [4.69, 9.17) is 4.99 Å². The number of nitrogens with zero attached hydrogens (tertiary/aromatic N) is 4. The van der Waals surface area contributed by atoms with Crippen molar-refractivity contribution < 1.29 is 0 Å². The van der Waals surface area contributed by atoms with E-state index in [0.717, 1.165) is 40.1 Å². The lowest BCUT2D eigenvalue weighted by Gasteiger charge is -2.06. The zero-order valence-electron chi connectivity index (χ0n) is 57.2. The van der Waals surface area contributed by atoms with Gasteiger partial charge in [-0.3, -0.25) is 4.99 Å². The van der Waals surface area contributed by atoms with Crippen molar-refractivity contribution >= 4 is 66.6 Å². The van der Waals surface area contributed by atoms with E-state index in [-0.39, 0.29) is 0 Å². The second-order valence-corrected chi connectivity index (χ2v) is 28.5. The van der Waals surface area contributed by atoms with Crippen molar-refractivity contribution in [3.8, 4) is 0 Å². The molecule has 0 aliphatic carbocycles. The largest absolute Gasteiger partial charge is 0.358 e. The summed E-state index contributed by atoms with van der Waals surface area (Å²) in [6.45, 7) is 52.8. The Balaban J connectivity index is 0.000000166. The smallest absolute Gasteiger partial charge is 0.109 e. The lowest BCUT2D eigenvalue weighted by atomic mass is 9.98. The van der Waals surface area contributed by atoms with Gasteiger partial charge < -0.3 is 19.9 Å². The number of nitrogens with one attached hydrogen (secondary N) is 4. The molecule has 0 spiro atoms. The Bertz CT molecular complexity index is 3330. The molecular weight excluding hydrogens is 1070 g/mol. The average molecular weight is 1180 g/mol. The standard InChI is InChI=1S/3C14H19N.2C13H18N2.C9H15NS/c3*1-9(2)11-5-6-12-8-13(10(3)4)15-14(12)7-11;2*1-8(2)10-5-6-11-12(7-10)15-13(14-11)9(3)4;1-6(2)8-5-11-9(10-8)7(3)4/h5-7,9-10H,8H2,1-4H3;2*5-10,15H,1-4H3;2*5-9H,1-4H3,(H,14,15);5-7H,1-4H3. The van der Waals surface area contributed by atoms with E-state index in [1.54, 1.807) is 11.3 Å². The molecule has 0 amide bonds. The molecule has 10 aromatic rings. The SMILES string of the molecule is CC(C)C1=Nc2cc(C(C)C)ccc2C1.CC(C)c1ccc2cc(C(C)C)[nH]c2c1.CC(C)c1ccc2cc(C(C)C)[nH]c2c1.CC(C)c1ccc2nc(C(C)C)[nH]c2c1.CC(C)c1ccc2nc(C(C)C)[nH]c2c1.CC(C)c1csc(C(C)C)n1. The lowest BCUT2D eigenvalue weighted by molar-refractivity contribution is 0.793. The molecule has 0 atom stereocenters. The van der Waals surface area contributed by atoms with Crippen molar-refractivity contribution in [1.29, 1.82) is 0 Å². The molecule has 0 unspecified atom stereocenters. The molecule has 0 radical (unpaired) electrons. The van der Waals surface area contributed by atoms with E-state index >= 15 is 0 Å². The van der Waals surface area contributed by atoms with Gasteiger partial charge in [-0.1, -0.05) is 215 Å². The van der Waals surface area contributed by atoms with Gasteiger partial charge in [-0.2, -0.15) is 0 Å². The Hall–Kier alpha value is -6.58. The summed E-state index contributed by atoms with van der Waals surface area (Å²) in [6, 6.07) is 37.6. The molecule has 0 fully saturated rings. The number of thiazole rings is 1. The minimum absolute atomic E-state index is 0.458. The van der Waals surface area contributed by atoms with Gasteiger partial charge in [0, 0.05) is 57.7 Å². The van der Waals surface area contributed by atoms with Gasteiger partial charge in [-0.25, -0.2) is 15.0 Å². The van der Waals surface area contributed by atoms with Crippen molar-refractivity contribution in [3.63, 3.8) is 0 Å². The number of imidazole rings is 2. The van der Waals surface area contributed by atoms with Crippen LogP contribution in [0.2, 0.25) is 0 Å². The molecule has 5 aromatic carbocycles. The number of benzene rings is 5. The Morgan fingerprint density at radius 3 is 1.06 bits per heavy atom. The van der Waals surface area contributed by atoms with E-state index in [2.05, 4.69) is 310 Å². The van der Waals surface area contributed by atoms with Gasteiger partial charge in [0.2, 0.25) is 0 Å². The van der Waals surface area contributed by atoms with Gasteiger partial charge in [0.15, 0.2) is 0 Å². The maximum Gasteiger partial charge on any atom is 0.109 e. The highest BCUT2D eigenvalue weighted by Gasteiger charge is 2.18. The van der Waals surface area contributed by atoms with Crippen LogP contribution in [0.5, 0.6) is 0 Å². The molecule has 4 N–H and O–H groups in total. The van der Waals surface area contributed by atoms with Crippen LogP contribution in [-0.4, -0.2) is 40.6 Å². The van der Waals surface area contributed by atoms with Crippen molar-refractivity contribution in [2.24, 2.45) is 10.9 Å². The summed E-state index contributed by atoms with van der Waals surface area (Å²) < 4.78 is 0. The lowest BCUT2D eigenvalue weighted by Crippen LogP contribution is -2.06. The van der Waals surface area contributed by atoms with E-state index in [1.807, 2.05) is 0 Å². The third-order valence-corrected chi connectivity index (χ3v) is 17.3. The first-order valence-electron chi connectivity index (χ1n) is 32.4. The van der Waals surface area contributed by atoms with Gasteiger partial charge in [-0.15, -0.1) is 11.3 Å². The van der Waals surface area contributed by atoms with Crippen molar-refractivity contribution in [3.05, 3.63) is 176 Å². The highest BCUT2D eigenvalue weighted by Crippen LogP contribution is 2.33.